The molecule has 0 N–H and O–H groups in total. The molecule has 2 amide bonds. The molecule has 2 saturated heterocycles. The summed E-state index contributed by atoms with van der Waals surface area (Å²) >= 11 is 0. The van der Waals surface area contributed by atoms with Crippen LogP contribution in [0.5, 0.6) is 0 Å². The van der Waals surface area contributed by atoms with Crippen LogP contribution >= 0.6 is 0 Å². The Hall–Kier alpha value is -1.99. The molecule has 0 bridgehead atoms. The van der Waals surface area contributed by atoms with E-state index < -0.39 is 0 Å². The Balaban J connectivity index is 1.42. The molecule has 0 spiro atoms. The van der Waals surface area contributed by atoms with Gasteiger partial charge in [-0.3, -0.25) is 19.4 Å². The van der Waals surface area contributed by atoms with Crippen LogP contribution < -0.4 is 0 Å². The molecule has 28 heavy (non-hydrogen) atoms. The monoisotopic (exact) mass is 390 g/mol. The number of likely N-dealkylation sites (tertiary alicyclic amines) is 1. The molecule has 7 heteroatoms. The van der Waals surface area contributed by atoms with Gasteiger partial charge in [-0.1, -0.05) is 12.1 Å². The molecule has 154 valence electrons. The number of amides is 2. The zero-order chi connectivity index (χ0) is 20.1. The zero-order valence-corrected chi connectivity index (χ0v) is 16.9. The lowest BCUT2D eigenvalue weighted by molar-refractivity contribution is -0.135. The SMILES string of the molecule is CC(c1ccc(F)cc1)N(C)C(=O)CN1CCN(CC(=O)N2CCCC2)CC1. The molecular weight excluding hydrogens is 359 g/mol. The van der Waals surface area contributed by atoms with Crippen LogP contribution in [-0.2, 0) is 9.59 Å². The van der Waals surface area contributed by atoms with Crippen molar-refractivity contribution < 1.29 is 14.0 Å². The predicted octanol–water partition coefficient (Wildman–Crippen LogP) is 1.59. The van der Waals surface area contributed by atoms with Crippen LogP contribution in [0, 0.1) is 5.82 Å². The lowest BCUT2D eigenvalue weighted by atomic mass is 10.1. The molecule has 2 fully saturated rings. The highest BCUT2D eigenvalue weighted by Gasteiger charge is 2.25. The number of hydrogen-bond acceptors (Lipinski definition) is 4. The van der Waals surface area contributed by atoms with Crippen molar-refractivity contribution in [3.63, 3.8) is 0 Å². The van der Waals surface area contributed by atoms with E-state index >= 15 is 0 Å². The van der Waals surface area contributed by atoms with Gasteiger partial charge in [0.15, 0.2) is 0 Å². The second kappa shape index (κ2) is 9.47. The lowest BCUT2D eigenvalue weighted by Gasteiger charge is -2.36. The fraction of sp³-hybridized carbons (Fsp3) is 0.619. The highest BCUT2D eigenvalue weighted by molar-refractivity contribution is 5.79. The van der Waals surface area contributed by atoms with Crippen LogP contribution in [0.25, 0.3) is 0 Å². The maximum Gasteiger partial charge on any atom is 0.236 e. The van der Waals surface area contributed by atoms with E-state index in [1.54, 1.807) is 24.1 Å². The van der Waals surface area contributed by atoms with Crippen LogP contribution in [0.3, 0.4) is 0 Å². The number of benzene rings is 1. The van der Waals surface area contributed by atoms with Gasteiger partial charge in [0.25, 0.3) is 0 Å². The zero-order valence-electron chi connectivity index (χ0n) is 16.9. The molecule has 0 aromatic heterocycles. The minimum absolute atomic E-state index is 0.0541. The van der Waals surface area contributed by atoms with E-state index in [1.807, 2.05) is 11.8 Å². The van der Waals surface area contributed by atoms with Crippen LogP contribution in [0.2, 0.25) is 0 Å². The number of halogens is 1. The minimum Gasteiger partial charge on any atom is -0.342 e. The molecule has 6 nitrogen and oxygen atoms in total. The molecule has 0 saturated carbocycles. The maximum absolute atomic E-state index is 13.1. The molecule has 1 unspecified atom stereocenters. The van der Waals surface area contributed by atoms with Crippen molar-refractivity contribution in [2.24, 2.45) is 0 Å². The van der Waals surface area contributed by atoms with Gasteiger partial charge in [-0.15, -0.1) is 0 Å². The molecule has 1 aromatic carbocycles. The number of rotatable bonds is 6. The summed E-state index contributed by atoms with van der Waals surface area (Å²) in [5, 5.41) is 0. The summed E-state index contributed by atoms with van der Waals surface area (Å²) in [6.45, 7) is 7.80. The molecular formula is C21H31FN4O2. The number of nitrogens with zero attached hydrogens (tertiary/aromatic N) is 4. The Kier molecular flexibility index (Phi) is 7.02. The molecule has 3 rings (SSSR count). The Labute approximate surface area is 166 Å². The summed E-state index contributed by atoms with van der Waals surface area (Å²) in [6.07, 6.45) is 2.23. The topological polar surface area (TPSA) is 47.1 Å². The van der Waals surface area contributed by atoms with Gasteiger partial charge in [0.2, 0.25) is 11.8 Å². The number of carbonyl (C=O) groups excluding carboxylic acids is 2. The Morgan fingerprint density at radius 3 is 2.07 bits per heavy atom. The molecule has 1 aromatic rings. The van der Waals surface area contributed by atoms with Gasteiger partial charge in [-0.2, -0.15) is 0 Å². The van der Waals surface area contributed by atoms with E-state index in [-0.39, 0.29) is 23.7 Å². The highest BCUT2D eigenvalue weighted by Crippen LogP contribution is 2.19. The number of hydrogen-bond donors (Lipinski definition) is 0. The van der Waals surface area contributed by atoms with Crippen molar-refractivity contribution in [3.05, 3.63) is 35.6 Å². The third-order valence-corrected chi connectivity index (χ3v) is 5.97. The molecule has 2 heterocycles. The third kappa shape index (κ3) is 5.29. The van der Waals surface area contributed by atoms with Crippen molar-refractivity contribution >= 4 is 11.8 Å². The van der Waals surface area contributed by atoms with E-state index in [4.69, 9.17) is 0 Å². The molecule has 0 aliphatic carbocycles. The second-order valence-corrected chi connectivity index (χ2v) is 7.87. The first-order valence-electron chi connectivity index (χ1n) is 10.2. The van der Waals surface area contributed by atoms with Gasteiger partial charge < -0.3 is 9.80 Å². The maximum atomic E-state index is 13.1. The Morgan fingerprint density at radius 2 is 1.50 bits per heavy atom. The Bertz CT molecular complexity index is 667. The van der Waals surface area contributed by atoms with Gasteiger partial charge in [0.1, 0.15) is 5.82 Å². The number of carbonyl (C=O) groups is 2. The minimum atomic E-state index is -0.272. The van der Waals surface area contributed by atoms with E-state index in [0.29, 0.717) is 13.1 Å². The summed E-state index contributed by atoms with van der Waals surface area (Å²) < 4.78 is 13.1. The van der Waals surface area contributed by atoms with Crippen molar-refractivity contribution in [3.8, 4) is 0 Å². The first-order valence-corrected chi connectivity index (χ1v) is 10.2. The summed E-state index contributed by atoms with van der Waals surface area (Å²) in [7, 11) is 1.79. The van der Waals surface area contributed by atoms with Crippen molar-refractivity contribution in [1.82, 2.24) is 19.6 Å². The van der Waals surface area contributed by atoms with Crippen LogP contribution in [0.1, 0.15) is 31.4 Å². The summed E-state index contributed by atoms with van der Waals surface area (Å²) in [5.74, 6) is 0.0133. The van der Waals surface area contributed by atoms with Gasteiger partial charge >= 0.3 is 0 Å². The lowest BCUT2D eigenvalue weighted by Crippen LogP contribution is -2.52. The third-order valence-electron chi connectivity index (χ3n) is 5.97. The van der Waals surface area contributed by atoms with E-state index in [1.165, 1.54) is 12.1 Å². The summed E-state index contributed by atoms with van der Waals surface area (Å²) in [5.41, 5.74) is 0.919. The molecule has 2 aliphatic heterocycles. The Morgan fingerprint density at radius 1 is 0.964 bits per heavy atom. The largest absolute Gasteiger partial charge is 0.342 e. The van der Waals surface area contributed by atoms with Crippen LogP contribution in [-0.4, -0.2) is 90.8 Å². The highest BCUT2D eigenvalue weighted by atomic mass is 19.1. The first-order chi connectivity index (χ1) is 13.4. The first kappa shape index (κ1) is 20.7. The normalized spacial score (nSPS) is 19.6. The van der Waals surface area contributed by atoms with Crippen LogP contribution in [0.4, 0.5) is 4.39 Å². The van der Waals surface area contributed by atoms with Crippen LogP contribution in [0.15, 0.2) is 24.3 Å². The van der Waals surface area contributed by atoms with Gasteiger partial charge in [0.05, 0.1) is 19.1 Å². The van der Waals surface area contributed by atoms with Crippen molar-refractivity contribution in [2.45, 2.75) is 25.8 Å². The second-order valence-electron chi connectivity index (χ2n) is 7.87. The van der Waals surface area contributed by atoms with E-state index in [2.05, 4.69) is 9.80 Å². The average Bonchev–Trinajstić information content (AvgIpc) is 3.24. The average molecular weight is 391 g/mol. The quantitative estimate of drug-likeness (QED) is 0.740. The van der Waals surface area contributed by atoms with Gasteiger partial charge in [-0.05, 0) is 37.5 Å². The van der Waals surface area contributed by atoms with Gasteiger partial charge in [-0.25, -0.2) is 4.39 Å². The van der Waals surface area contributed by atoms with Crippen molar-refractivity contribution in [2.75, 3.05) is 59.4 Å². The number of piperazine rings is 1. The molecule has 0 radical (unpaired) electrons. The fourth-order valence-corrected chi connectivity index (χ4v) is 3.85. The summed E-state index contributed by atoms with van der Waals surface area (Å²) in [4.78, 5) is 33.0. The molecule has 1 atom stereocenters. The fourth-order valence-electron chi connectivity index (χ4n) is 3.85. The standard InChI is InChI=1S/C21H31FN4O2/c1-17(18-5-7-19(22)8-6-18)23(2)20(27)15-24-11-13-25(14-12-24)16-21(28)26-9-3-4-10-26/h5-8,17H,3-4,9-16H2,1-2H3. The van der Waals surface area contributed by atoms with Gasteiger partial charge in [0, 0.05) is 46.3 Å². The smallest absolute Gasteiger partial charge is 0.236 e. The molecule has 2 aliphatic rings. The summed E-state index contributed by atoms with van der Waals surface area (Å²) in [6, 6.07) is 6.19. The predicted molar refractivity (Wildman–Crippen MR) is 106 cm³/mol. The number of likely N-dealkylation sites (N-methyl/N-ethyl adjacent to an activating group) is 1. The van der Waals surface area contributed by atoms with E-state index in [9.17, 15) is 14.0 Å². The van der Waals surface area contributed by atoms with E-state index in [0.717, 1.165) is 57.7 Å². The van der Waals surface area contributed by atoms with Crippen molar-refractivity contribution in [1.29, 1.82) is 0 Å².